The van der Waals surface area contributed by atoms with Gasteiger partial charge in [0.2, 0.25) is 0 Å². The quantitative estimate of drug-likeness (QED) is 0.764. The molecule has 0 heterocycles. The van der Waals surface area contributed by atoms with Crippen molar-refractivity contribution in [2.45, 2.75) is 26.7 Å². The van der Waals surface area contributed by atoms with E-state index in [1.54, 1.807) is 26.0 Å². The van der Waals surface area contributed by atoms with Gasteiger partial charge in [-0.25, -0.2) is 0 Å². The molecule has 0 spiro atoms. The third kappa shape index (κ3) is 2.59. The molecule has 0 radical (unpaired) electrons. The number of benzene rings is 1. The molecule has 0 amide bonds. The highest BCUT2D eigenvalue weighted by molar-refractivity contribution is 6.01. The second kappa shape index (κ2) is 4.79. The maximum Gasteiger partial charge on any atom is 0.303 e. The number of phenols is 1. The Morgan fingerprint density at radius 3 is 2.25 bits per heavy atom. The lowest BCUT2D eigenvalue weighted by atomic mass is 9.98. The average molecular weight is 222 g/mol. The Balaban J connectivity index is 2.99. The van der Waals surface area contributed by atoms with Gasteiger partial charge >= 0.3 is 5.97 Å². The number of carboxylic acids is 1. The predicted molar refractivity (Wildman–Crippen MR) is 58.8 cm³/mol. The summed E-state index contributed by atoms with van der Waals surface area (Å²) in [5, 5.41) is 18.2. The maximum atomic E-state index is 11.7. The topological polar surface area (TPSA) is 74.6 Å². The van der Waals surface area contributed by atoms with Crippen LogP contribution in [0.3, 0.4) is 0 Å². The van der Waals surface area contributed by atoms with Gasteiger partial charge in [0.25, 0.3) is 0 Å². The first kappa shape index (κ1) is 12.2. The zero-order valence-electron chi connectivity index (χ0n) is 9.28. The molecule has 0 aliphatic rings. The van der Waals surface area contributed by atoms with Gasteiger partial charge < -0.3 is 10.2 Å². The second-order valence-electron chi connectivity index (χ2n) is 3.74. The minimum Gasteiger partial charge on any atom is -0.507 e. The zero-order valence-corrected chi connectivity index (χ0v) is 9.28. The largest absolute Gasteiger partial charge is 0.507 e. The lowest BCUT2D eigenvalue weighted by molar-refractivity contribution is -0.136. The van der Waals surface area contributed by atoms with Crippen LogP contribution in [0, 0.1) is 13.8 Å². The van der Waals surface area contributed by atoms with Gasteiger partial charge in [-0.05, 0) is 25.0 Å². The van der Waals surface area contributed by atoms with E-state index in [4.69, 9.17) is 5.11 Å². The van der Waals surface area contributed by atoms with Crippen LogP contribution in [0.5, 0.6) is 5.75 Å². The molecule has 86 valence electrons. The summed E-state index contributed by atoms with van der Waals surface area (Å²) in [5.41, 5.74) is 1.52. The van der Waals surface area contributed by atoms with Crippen LogP contribution >= 0.6 is 0 Å². The van der Waals surface area contributed by atoms with E-state index in [-0.39, 0.29) is 29.9 Å². The van der Waals surface area contributed by atoms with Crippen molar-refractivity contribution in [3.63, 3.8) is 0 Å². The number of carbonyl (C=O) groups is 2. The maximum absolute atomic E-state index is 11.7. The molecule has 4 nitrogen and oxygen atoms in total. The molecular weight excluding hydrogens is 208 g/mol. The summed E-state index contributed by atoms with van der Waals surface area (Å²) in [4.78, 5) is 22.1. The van der Waals surface area contributed by atoms with Crippen molar-refractivity contribution in [2.75, 3.05) is 0 Å². The number of hydrogen-bond donors (Lipinski definition) is 2. The number of aryl methyl sites for hydroxylation is 2. The number of aliphatic carboxylic acids is 1. The molecule has 0 atom stereocenters. The third-order valence-electron chi connectivity index (χ3n) is 2.43. The fourth-order valence-electron chi connectivity index (χ4n) is 1.49. The molecule has 0 saturated carbocycles. The Morgan fingerprint density at radius 2 is 1.69 bits per heavy atom. The number of hydrogen-bond acceptors (Lipinski definition) is 3. The molecule has 0 unspecified atom stereocenters. The fraction of sp³-hybridized carbons (Fsp3) is 0.333. The first-order valence-electron chi connectivity index (χ1n) is 4.97. The van der Waals surface area contributed by atoms with Gasteiger partial charge in [0.1, 0.15) is 5.75 Å². The van der Waals surface area contributed by atoms with E-state index in [0.717, 1.165) is 0 Å². The average Bonchev–Trinajstić information content (AvgIpc) is 2.21. The van der Waals surface area contributed by atoms with E-state index >= 15 is 0 Å². The Hall–Kier alpha value is -1.84. The van der Waals surface area contributed by atoms with Gasteiger partial charge in [-0.3, -0.25) is 9.59 Å². The third-order valence-corrected chi connectivity index (χ3v) is 2.43. The van der Waals surface area contributed by atoms with Crippen molar-refractivity contribution in [3.05, 3.63) is 28.8 Å². The Kier molecular flexibility index (Phi) is 3.66. The van der Waals surface area contributed by atoms with Crippen LogP contribution in [0.25, 0.3) is 0 Å². The molecule has 1 aromatic carbocycles. The van der Waals surface area contributed by atoms with Gasteiger partial charge in [0.15, 0.2) is 5.78 Å². The summed E-state index contributed by atoms with van der Waals surface area (Å²) in [6, 6.07) is 3.46. The fourth-order valence-corrected chi connectivity index (χ4v) is 1.49. The molecule has 0 saturated heterocycles. The number of aromatic hydroxyl groups is 1. The zero-order chi connectivity index (χ0) is 12.3. The van der Waals surface area contributed by atoms with Crippen LogP contribution in [0.1, 0.15) is 34.3 Å². The molecule has 4 heteroatoms. The number of Topliss-reactive ketones (excluding diaryl/α,β-unsaturated/α-hetero) is 1. The van der Waals surface area contributed by atoms with Crippen molar-refractivity contribution in [2.24, 2.45) is 0 Å². The van der Waals surface area contributed by atoms with E-state index in [1.807, 2.05) is 0 Å². The Bertz CT molecular complexity index is 435. The number of rotatable bonds is 4. The molecular formula is C12H14O4. The molecule has 0 aliphatic heterocycles. The van der Waals surface area contributed by atoms with E-state index in [0.29, 0.717) is 11.1 Å². The van der Waals surface area contributed by atoms with E-state index in [2.05, 4.69) is 0 Å². The van der Waals surface area contributed by atoms with Gasteiger partial charge in [0.05, 0.1) is 12.0 Å². The SMILES string of the molecule is Cc1ccc(C)c(C(=O)CCC(=O)O)c1O. The molecule has 16 heavy (non-hydrogen) atoms. The van der Waals surface area contributed by atoms with Gasteiger partial charge in [-0.2, -0.15) is 0 Å². The van der Waals surface area contributed by atoms with Gasteiger partial charge in [-0.15, -0.1) is 0 Å². The van der Waals surface area contributed by atoms with Crippen LogP contribution in [0.2, 0.25) is 0 Å². The van der Waals surface area contributed by atoms with Crippen LogP contribution < -0.4 is 0 Å². The summed E-state index contributed by atoms with van der Waals surface area (Å²) in [7, 11) is 0. The molecule has 2 N–H and O–H groups in total. The number of carbonyl (C=O) groups excluding carboxylic acids is 1. The molecule has 1 aromatic rings. The van der Waals surface area contributed by atoms with Crippen molar-refractivity contribution in [1.29, 1.82) is 0 Å². The smallest absolute Gasteiger partial charge is 0.303 e. The van der Waals surface area contributed by atoms with Crippen molar-refractivity contribution < 1.29 is 19.8 Å². The minimum absolute atomic E-state index is 0.0459. The summed E-state index contributed by atoms with van der Waals surface area (Å²) < 4.78 is 0. The highest BCUT2D eigenvalue weighted by Crippen LogP contribution is 2.26. The first-order chi connectivity index (χ1) is 7.43. The molecule has 0 aromatic heterocycles. The van der Waals surface area contributed by atoms with Crippen molar-refractivity contribution in [3.8, 4) is 5.75 Å². The molecule has 0 bridgehead atoms. The van der Waals surface area contributed by atoms with Crippen molar-refractivity contribution >= 4 is 11.8 Å². The monoisotopic (exact) mass is 222 g/mol. The summed E-state index contributed by atoms with van der Waals surface area (Å²) in [6.07, 6.45) is -0.307. The van der Waals surface area contributed by atoms with Crippen molar-refractivity contribution in [1.82, 2.24) is 0 Å². The number of phenolic OH excluding ortho intramolecular Hbond substituents is 1. The molecule has 0 aliphatic carbocycles. The van der Waals surface area contributed by atoms with Crippen LogP contribution in [-0.4, -0.2) is 22.0 Å². The predicted octanol–water partition coefficient (Wildman–Crippen LogP) is 2.06. The van der Waals surface area contributed by atoms with E-state index < -0.39 is 5.97 Å². The Labute approximate surface area is 93.5 Å². The molecule has 1 rings (SSSR count). The van der Waals surface area contributed by atoms with Crippen LogP contribution in [-0.2, 0) is 4.79 Å². The van der Waals surface area contributed by atoms with Gasteiger partial charge in [-0.1, -0.05) is 12.1 Å². The number of ketones is 1. The minimum atomic E-state index is -1.02. The normalized spacial score (nSPS) is 10.1. The lowest BCUT2D eigenvalue weighted by Gasteiger charge is -2.09. The van der Waals surface area contributed by atoms with E-state index in [9.17, 15) is 14.7 Å². The summed E-state index contributed by atoms with van der Waals surface area (Å²) >= 11 is 0. The number of carboxylic acid groups (broad SMARTS) is 1. The molecule has 0 fully saturated rings. The lowest BCUT2D eigenvalue weighted by Crippen LogP contribution is -2.06. The van der Waals surface area contributed by atoms with Crippen LogP contribution in [0.4, 0.5) is 0 Å². The summed E-state index contributed by atoms with van der Waals surface area (Å²) in [5.74, 6) is -1.39. The second-order valence-corrected chi connectivity index (χ2v) is 3.74. The highest BCUT2D eigenvalue weighted by Gasteiger charge is 2.16. The first-order valence-corrected chi connectivity index (χ1v) is 4.97. The van der Waals surface area contributed by atoms with E-state index in [1.165, 1.54) is 0 Å². The standard InChI is InChI=1S/C12H14O4/c1-7-3-4-8(2)12(16)11(7)9(13)5-6-10(14)15/h3-4,16H,5-6H2,1-2H3,(H,14,15). The van der Waals surface area contributed by atoms with Gasteiger partial charge in [0, 0.05) is 6.42 Å². The Morgan fingerprint density at radius 1 is 1.12 bits per heavy atom. The highest BCUT2D eigenvalue weighted by atomic mass is 16.4. The summed E-state index contributed by atoms with van der Waals surface area (Å²) in [6.45, 7) is 3.41. The van der Waals surface area contributed by atoms with Crippen LogP contribution in [0.15, 0.2) is 12.1 Å².